The second kappa shape index (κ2) is 6.06. The Balaban J connectivity index is 1.67. The van der Waals surface area contributed by atoms with E-state index in [1.165, 1.54) is 23.0 Å². The first-order valence-electron chi connectivity index (χ1n) is 8.31. The summed E-state index contributed by atoms with van der Waals surface area (Å²) in [5.41, 5.74) is 7.15. The standard InChI is InChI=1S/C21H19N3O/c1-13-3-6-15(7-4-13)19-20(25)21(23-12-22-19)24-17-9-10-18-14(2)5-8-16(18)11-17/h3-4,6-7,9-12,25H,2,5,8H2,1H3,(H,22,23,24). The number of benzene rings is 2. The number of nitrogens with zero attached hydrogens (tertiary/aromatic N) is 2. The van der Waals surface area contributed by atoms with Gasteiger partial charge in [0.2, 0.25) is 0 Å². The van der Waals surface area contributed by atoms with Crippen molar-refractivity contribution in [2.24, 2.45) is 0 Å². The number of fused-ring (bicyclic) bond motifs is 1. The van der Waals surface area contributed by atoms with E-state index < -0.39 is 0 Å². The zero-order valence-electron chi connectivity index (χ0n) is 14.1. The minimum atomic E-state index is 0.0521. The van der Waals surface area contributed by atoms with Gasteiger partial charge in [0.25, 0.3) is 0 Å². The summed E-state index contributed by atoms with van der Waals surface area (Å²) in [5.74, 6) is 0.457. The molecule has 4 rings (SSSR count). The highest BCUT2D eigenvalue weighted by Gasteiger charge is 2.16. The van der Waals surface area contributed by atoms with Crippen LogP contribution in [0.3, 0.4) is 0 Å². The average molecular weight is 329 g/mol. The Kier molecular flexibility index (Phi) is 3.73. The first-order valence-corrected chi connectivity index (χ1v) is 8.31. The van der Waals surface area contributed by atoms with Crippen LogP contribution in [0.2, 0.25) is 0 Å². The van der Waals surface area contributed by atoms with E-state index in [-0.39, 0.29) is 5.75 Å². The third kappa shape index (κ3) is 2.87. The number of hydrogen-bond acceptors (Lipinski definition) is 4. The van der Waals surface area contributed by atoms with Gasteiger partial charge in [-0.1, -0.05) is 42.5 Å². The lowest BCUT2D eigenvalue weighted by atomic mass is 10.1. The summed E-state index contributed by atoms with van der Waals surface area (Å²) in [6.07, 6.45) is 3.48. The van der Waals surface area contributed by atoms with E-state index in [0.29, 0.717) is 11.5 Å². The topological polar surface area (TPSA) is 58.0 Å². The summed E-state index contributed by atoms with van der Waals surface area (Å²) >= 11 is 0. The van der Waals surface area contributed by atoms with Crippen LogP contribution in [0, 0.1) is 6.92 Å². The van der Waals surface area contributed by atoms with Crippen LogP contribution in [-0.2, 0) is 6.42 Å². The molecule has 4 nitrogen and oxygen atoms in total. The largest absolute Gasteiger partial charge is 0.503 e. The van der Waals surface area contributed by atoms with E-state index >= 15 is 0 Å². The van der Waals surface area contributed by atoms with Crippen LogP contribution in [0.4, 0.5) is 11.5 Å². The fraction of sp³-hybridized carbons (Fsp3) is 0.143. The number of allylic oxidation sites excluding steroid dienone is 1. The second-order valence-corrected chi connectivity index (χ2v) is 6.39. The van der Waals surface area contributed by atoms with Gasteiger partial charge in [0, 0.05) is 11.3 Å². The van der Waals surface area contributed by atoms with Gasteiger partial charge in [-0.25, -0.2) is 9.97 Å². The number of aromatic nitrogens is 2. The highest BCUT2D eigenvalue weighted by Crippen LogP contribution is 2.36. The molecule has 0 amide bonds. The molecule has 0 radical (unpaired) electrons. The monoisotopic (exact) mass is 329 g/mol. The molecule has 3 aromatic rings. The van der Waals surface area contributed by atoms with Crippen molar-refractivity contribution in [3.63, 3.8) is 0 Å². The molecule has 1 aromatic heterocycles. The normalized spacial score (nSPS) is 12.9. The van der Waals surface area contributed by atoms with Gasteiger partial charge >= 0.3 is 0 Å². The number of nitrogens with one attached hydrogen (secondary N) is 1. The Bertz CT molecular complexity index is 961. The van der Waals surface area contributed by atoms with Crippen molar-refractivity contribution in [2.45, 2.75) is 19.8 Å². The zero-order chi connectivity index (χ0) is 17.4. The van der Waals surface area contributed by atoms with Crippen molar-refractivity contribution < 1.29 is 5.11 Å². The first-order chi connectivity index (χ1) is 12.1. The predicted molar refractivity (Wildman–Crippen MR) is 101 cm³/mol. The van der Waals surface area contributed by atoms with Crippen molar-refractivity contribution in [1.82, 2.24) is 9.97 Å². The molecular weight excluding hydrogens is 310 g/mol. The Hall–Kier alpha value is -3.14. The maximum absolute atomic E-state index is 10.6. The fourth-order valence-corrected chi connectivity index (χ4v) is 3.17. The minimum absolute atomic E-state index is 0.0521. The lowest BCUT2D eigenvalue weighted by molar-refractivity contribution is 0.475. The van der Waals surface area contributed by atoms with E-state index in [2.05, 4.69) is 34.0 Å². The Morgan fingerprint density at radius 1 is 1.04 bits per heavy atom. The Morgan fingerprint density at radius 3 is 2.64 bits per heavy atom. The van der Waals surface area contributed by atoms with Gasteiger partial charge in [-0.3, -0.25) is 0 Å². The van der Waals surface area contributed by atoms with Crippen molar-refractivity contribution in [2.75, 3.05) is 5.32 Å². The van der Waals surface area contributed by atoms with E-state index in [9.17, 15) is 5.11 Å². The highest BCUT2D eigenvalue weighted by atomic mass is 16.3. The summed E-state index contributed by atoms with van der Waals surface area (Å²) in [5, 5.41) is 13.8. The maximum Gasteiger partial charge on any atom is 0.185 e. The van der Waals surface area contributed by atoms with Crippen LogP contribution in [0.15, 0.2) is 55.4 Å². The van der Waals surface area contributed by atoms with Gasteiger partial charge < -0.3 is 10.4 Å². The van der Waals surface area contributed by atoms with Gasteiger partial charge in [-0.05, 0) is 48.6 Å². The summed E-state index contributed by atoms with van der Waals surface area (Å²) in [7, 11) is 0. The van der Waals surface area contributed by atoms with Gasteiger partial charge in [0.05, 0.1) is 0 Å². The molecule has 0 fully saturated rings. The molecule has 0 saturated carbocycles. The number of anilines is 2. The van der Waals surface area contributed by atoms with Gasteiger partial charge in [0.15, 0.2) is 11.6 Å². The van der Waals surface area contributed by atoms with Crippen molar-refractivity contribution >= 4 is 17.1 Å². The van der Waals surface area contributed by atoms with Gasteiger partial charge in [-0.2, -0.15) is 0 Å². The molecule has 1 heterocycles. The smallest absolute Gasteiger partial charge is 0.185 e. The number of rotatable bonds is 3. The zero-order valence-corrected chi connectivity index (χ0v) is 14.1. The fourth-order valence-electron chi connectivity index (χ4n) is 3.17. The third-order valence-electron chi connectivity index (χ3n) is 4.59. The molecule has 2 aromatic carbocycles. The Labute approximate surface area is 146 Å². The molecule has 1 aliphatic carbocycles. The molecular formula is C21H19N3O. The molecule has 0 aliphatic heterocycles. The van der Waals surface area contributed by atoms with Crippen molar-refractivity contribution in [3.8, 4) is 17.0 Å². The first kappa shape index (κ1) is 15.4. The van der Waals surface area contributed by atoms with Crippen LogP contribution >= 0.6 is 0 Å². The number of aromatic hydroxyl groups is 1. The molecule has 0 bridgehead atoms. The molecule has 2 N–H and O–H groups in total. The summed E-state index contributed by atoms with van der Waals surface area (Å²) < 4.78 is 0. The van der Waals surface area contributed by atoms with E-state index in [4.69, 9.17) is 0 Å². The highest BCUT2D eigenvalue weighted by molar-refractivity contribution is 5.77. The molecule has 0 saturated heterocycles. The summed E-state index contributed by atoms with van der Waals surface area (Å²) in [6, 6.07) is 14.0. The molecule has 0 spiro atoms. The third-order valence-corrected chi connectivity index (χ3v) is 4.59. The minimum Gasteiger partial charge on any atom is -0.503 e. The van der Waals surface area contributed by atoms with E-state index in [0.717, 1.165) is 29.7 Å². The van der Waals surface area contributed by atoms with Crippen LogP contribution in [0.5, 0.6) is 5.75 Å². The van der Waals surface area contributed by atoms with Crippen molar-refractivity contribution in [3.05, 3.63) is 72.1 Å². The molecule has 1 aliphatic rings. The SMILES string of the molecule is C=C1CCc2cc(Nc3ncnc(-c4ccc(C)cc4)c3O)ccc21. The van der Waals surface area contributed by atoms with Crippen LogP contribution in [-0.4, -0.2) is 15.1 Å². The van der Waals surface area contributed by atoms with Gasteiger partial charge in [-0.15, -0.1) is 0 Å². The predicted octanol–water partition coefficient (Wildman–Crippen LogP) is 4.86. The lowest BCUT2D eigenvalue weighted by Gasteiger charge is -2.11. The van der Waals surface area contributed by atoms with E-state index in [1.54, 1.807) is 0 Å². The van der Waals surface area contributed by atoms with Gasteiger partial charge in [0.1, 0.15) is 12.0 Å². The van der Waals surface area contributed by atoms with E-state index in [1.807, 2.05) is 37.3 Å². The lowest BCUT2D eigenvalue weighted by Crippen LogP contribution is -1.98. The average Bonchev–Trinajstić information content (AvgIpc) is 2.98. The maximum atomic E-state index is 10.6. The molecule has 25 heavy (non-hydrogen) atoms. The molecule has 124 valence electrons. The molecule has 4 heteroatoms. The van der Waals surface area contributed by atoms with Crippen molar-refractivity contribution in [1.29, 1.82) is 0 Å². The van der Waals surface area contributed by atoms with Crippen LogP contribution < -0.4 is 5.32 Å². The number of hydrogen-bond donors (Lipinski definition) is 2. The van der Waals surface area contributed by atoms with Crippen LogP contribution in [0.1, 0.15) is 23.1 Å². The summed E-state index contributed by atoms with van der Waals surface area (Å²) in [4.78, 5) is 8.43. The second-order valence-electron chi connectivity index (χ2n) is 6.39. The Morgan fingerprint density at radius 2 is 1.84 bits per heavy atom. The molecule has 0 atom stereocenters. The van der Waals surface area contributed by atoms with Crippen LogP contribution in [0.25, 0.3) is 16.8 Å². The number of aryl methyl sites for hydroxylation is 2. The molecule has 0 unspecified atom stereocenters. The summed E-state index contributed by atoms with van der Waals surface area (Å²) in [6.45, 7) is 6.12. The quantitative estimate of drug-likeness (QED) is 0.720.